The van der Waals surface area contributed by atoms with E-state index in [1.807, 2.05) is 12.1 Å². The van der Waals surface area contributed by atoms with E-state index >= 15 is 0 Å². The smallest absolute Gasteiger partial charge is 0.264 e. The number of ketones is 1. The lowest BCUT2D eigenvalue weighted by Crippen LogP contribution is -2.41. The third kappa shape index (κ3) is 3.10. The molecule has 0 aliphatic carbocycles. The Balaban J connectivity index is 1.30. The van der Waals surface area contributed by atoms with Crippen molar-refractivity contribution in [1.29, 1.82) is 0 Å². The van der Waals surface area contributed by atoms with Crippen LogP contribution in [0.1, 0.15) is 27.9 Å². The fourth-order valence-corrected chi connectivity index (χ4v) is 4.46. The molecule has 0 radical (unpaired) electrons. The number of para-hydroxylation sites is 1. The molecule has 3 aromatic carbocycles. The molecular formula is C25H19NO7. The minimum absolute atomic E-state index is 0.0948. The molecule has 6 rings (SSSR count). The molecular weight excluding hydrogens is 426 g/mol. The van der Waals surface area contributed by atoms with Gasteiger partial charge < -0.3 is 29.0 Å². The number of hydrogen-bond donors (Lipinski definition) is 1. The van der Waals surface area contributed by atoms with Crippen molar-refractivity contribution in [1.82, 2.24) is 0 Å². The van der Waals surface area contributed by atoms with Gasteiger partial charge >= 0.3 is 0 Å². The van der Waals surface area contributed by atoms with E-state index in [1.54, 1.807) is 48.5 Å². The predicted molar refractivity (Wildman–Crippen MR) is 116 cm³/mol. The second kappa shape index (κ2) is 7.25. The number of ether oxygens (including phenoxy) is 4. The number of carbonyl (C=O) groups is 2. The molecule has 1 unspecified atom stereocenters. The summed E-state index contributed by atoms with van der Waals surface area (Å²) in [5, 5.41) is 11.5. The first-order valence-corrected chi connectivity index (χ1v) is 10.5. The number of amides is 1. The van der Waals surface area contributed by atoms with Crippen molar-refractivity contribution < 1.29 is 33.6 Å². The van der Waals surface area contributed by atoms with Crippen LogP contribution in [0.15, 0.2) is 60.7 Å². The maximum Gasteiger partial charge on any atom is 0.264 e. The Labute approximate surface area is 188 Å². The van der Waals surface area contributed by atoms with E-state index in [-0.39, 0.29) is 32.3 Å². The number of carbonyl (C=O) groups excluding carboxylic acids is 2. The molecule has 0 spiro atoms. The number of anilines is 1. The van der Waals surface area contributed by atoms with Gasteiger partial charge in [-0.3, -0.25) is 9.59 Å². The molecule has 3 aliphatic heterocycles. The van der Waals surface area contributed by atoms with Crippen LogP contribution in [0, 0.1) is 0 Å². The van der Waals surface area contributed by atoms with E-state index in [2.05, 4.69) is 0 Å². The topological polar surface area (TPSA) is 94.5 Å². The van der Waals surface area contributed by atoms with E-state index in [1.165, 1.54) is 4.90 Å². The van der Waals surface area contributed by atoms with Crippen LogP contribution < -0.4 is 23.8 Å². The van der Waals surface area contributed by atoms with Gasteiger partial charge in [-0.15, -0.1) is 0 Å². The summed E-state index contributed by atoms with van der Waals surface area (Å²) in [4.78, 5) is 28.1. The fourth-order valence-electron chi connectivity index (χ4n) is 4.46. The van der Waals surface area contributed by atoms with Crippen LogP contribution in [0.25, 0.3) is 0 Å². The van der Waals surface area contributed by atoms with Crippen LogP contribution in [0.4, 0.5) is 5.69 Å². The maximum atomic E-state index is 13.5. The minimum atomic E-state index is -1.97. The third-order valence-electron chi connectivity index (χ3n) is 6.13. The quantitative estimate of drug-likeness (QED) is 0.603. The van der Waals surface area contributed by atoms with Gasteiger partial charge in [0.15, 0.2) is 34.4 Å². The van der Waals surface area contributed by atoms with E-state index in [0.29, 0.717) is 39.8 Å². The zero-order valence-electron chi connectivity index (χ0n) is 17.4. The van der Waals surface area contributed by atoms with Crippen LogP contribution in [0.2, 0.25) is 0 Å². The Kier molecular flexibility index (Phi) is 4.31. The molecule has 1 amide bonds. The van der Waals surface area contributed by atoms with E-state index in [0.717, 1.165) is 5.56 Å². The number of hydrogen-bond acceptors (Lipinski definition) is 7. The number of benzene rings is 3. The van der Waals surface area contributed by atoms with Gasteiger partial charge in [0, 0.05) is 11.1 Å². The van der Waals surface area contributed by atoms with Crippen molar-refractivity contribution in [2.75, 3.05) is 18.5 Å². The Morgan fingerprint density at radius 3 is 2.33 bits per heavy atom. The van der Waals surface area contributed by atoms with Crippen molar-refractivity contribution in [3.8, 4) is 23.0 Å². The summed E-state index contributed by atoms with van der Waals surface area (Å²) in [6.45, 7) is 0.469. The average molecular weight is 445 g/mol. The van der Waals surface area contributed by atoms with E-state index < -0.39 is 11.5 Å². The Morgan fingerprint density at radius 1 is 0.879 bits per heavy atom. The van der Waals surface area contributed by atoms with Crippen LogP contribution in [0.3, 0.4) is 0 Å². The molecule has 0 fully saturated rings. The lowest BCUT2D eigenvalue weighted by Gasteiger charge is -2.23. The number of fused-ring (bicyclic) bond motifs is 3. The van der Waals surface area contributed by atoms with Gasteiger partial charge in [0.1, 0.15) is 0 Å². The molecule has 33 heavy (non-hydrogen) atoms. The average Bonchev–Trinajstić information content (AvgIpc) is 3.54. The van der Waals surface area contributed by atoms with Crippen LogP contribution in [-0.4, -0.2) is 30.4 Å². The molecule has 0 bridgehead atoms. The van der Waals surface area contributed by atoms with Gasteiger partial charge in [-0.05, 0) is 42.0 Å². The van der Waals surface area contributed by atoms with Crippen LogP contribution >= 0.6 is 0 Å². The van der Waals surface area contributed by atoms with Crippen LogP contribution in [0.5, 0.6) is 23.0 Å². The van der Waals surface area contributed by atoms with Crippen molar-refractivity contribution >= 4 is 17.4 Å². The second-order valence-corrected chi connectivity index (χ2v) is 8.12. The largest absolute Gasteiger partial charge is 0.454 e. The molecule has 3 heterocycles. The number of nitrogens with zero attached hydrogens (tertiary/aromatic N) is 1. The first-order chi connectivity index (χ1) is 16.0. The first kappa shape index (κ1) is 19.6. The van der Waals surface area contributed by atoms with Gasteiger partial charge in [0.2, 0.25) is 13.6 Å². The third-order valence-corrected chi connectivity index (χ3v) is 6.13. The Hall–Kier alpha value is -4.04. The molecule has 8 nitrogen and oxygen atoms in total. The normalized spacial score (nSPS) is 19.7. The summed E-state index contributed by atoms with van der Waals surface area (Å²) in [6.07, 6.45) is -0.389. The van der Waals surface area contributed by atoms with Crippen molar-refractivity contribution in [3.05, 3.63) is 77.4 Å². The molecule has 3 aliphatic rings. The standard InChI is InChI=1S/C25H19NO7/c27-19(16-6-8-21-23(10-16)33-14-31-21)11-25(29)17-3-1-2-4-18(17)26(24(25)28)12-15-5-7-20-22(9-15)32-13-30-20/h1-10,29H,11-14H2. The Bertz CT molecular complexity index is 1300. The first-order valence-electron chi connectivity index (χ1n) is 10.5. The molecule has 3 aromatic rings. The van der Waals surface area contributed by atoms with Gasteiger partial charge in [0.25, 0.3) is 5.91 Å². The summed E-state index contributed by atoms with van der Waals surface area (Å²) in [5.74, 6) is 1.37. The second-order valence-electron chi connectivity index (χ2n) is 8.12. The highest BCUT2D eigenvalue weighted by Crippen LogP contribution is 2.44. The highest BCUT2D eigenvalue weighted by atomic mass is 16.7. The molecule has 1 N–H and O–H groups in total. The highest BCUT2D eigenvalue weighted by molar-refractivity contribution is 6.10. The van der Waals surface area contributed by atoms with E-state index in [4.69, 9.17) is 18.9 Å². The van der Waals surface area contributed by atoms with Crippen molar-refractivity contribution in [3.63, 3.8) is 0 Å². The molecule has 0 aromatic heterocycles. The maximum absolute atomic E-state index is 13.5. The lowest BCUT2D eigenvalue weighted by molar-refractivity contribution is -0.136. The summed E-state index contributed by atoms with van der Waals surface area (Å²) in [6, 6.07) is 17.3. The van der Waals surface area contributed by atoms with Crippen LogP contribution in [-0.2, 0) is 16.9 Å². The summed E-state index contributed by atoms with van der Waals surface area (Å²) < 4.78 is 21.4. The summed E-state index contributed by atoms with van der Waals surface area (Å²) in [7, 11) is 0. The monoisotopic (exact) mass is 445 g/mol. The molecule has 8 heteroatoms. The van der Waals surface area contributed by atoms with Gasteiger partial charge in [0.05, 0.1) is 18.7 Å². The molecule has 166 valence electrons. The number of aliphatic hydroxyl groups is 1. The summed E-state index contributed by atoms with van der Waals surface area (Å²) in [5.41, 5.74) is 0.160. The van der Waals surface area contributed by atoms with Gasteiger partial charge in [-0.2, -0.15) is 0 Å². The van der Waals surface area contributed by atoms with Crippen molar-refractivity contribution in [2.24, 2.45) is 0 Å². The number of rotatable bonds is 5. The van der Waals surface area contributed by atoms with Gasteiger partial charge in [-0.1, -0.05) is 24.3 Å². The molecule has 0 saturated carbocycles. The summed E-state index contributed by atoms with van der Waals surface area (Å²) >= 11 is 0. The predicted octanol–water partition coefficient (Wildman–Crippen LogP) is 3.15. The Morgan fingerprint density at radius 2 is 1.55 bits per heavy atom. The van der Waals surface area contributed by atoms with Gasteiger partial charge in [-0.25, -0.2) is 0 Å². The molecule has 1 atom stereocenters. The lowest BCUT2D eigenvalue weighted by atomic mass is 9.88. The number of Topliss-reactive ketones (excluding diaryl/α,β-unsaturated/α-hetero) is 1. The highest BCUT2D eigenvalue weighted by Gasteiger charge is 2.50. The van der Waals surface area contributed by atoms with Crippen molar-refractivity contribution in [2.45, 2.75) is 18.6 Å². The zero-order valence-corrected chi connectivity index (χ0v) is 17.4. The molecule has 0 saturated heterocycles. The fraction of sp³-hybridized carbons (Fsp3) is 0.200. The zero-order chi connectivity index (χ0) is 22.6. The SMILES string of the molecule is O=C(CC1(O)C(=O)N(Cc2ccc3c(c2)OCO3)c2ccccc21)c1ccc2c(c1)OCO2. The van der Waals surface area contributed by atoms with E-state index in [9.17, 15) is 14.7 Å². The minimum Gasteiger partial charge on any atom is -0.454 e.